The second-order valence-corrected chi connectivity index (χ2v) is 6.45. The van der Waals surface area contributed by atoms with E-state index in [0.29, 0.717) is 18.6 Å². The number of nitrogens with one attached hydrogen (secondary N) is 1. The zero-order valence-corrected chi connectivity index (χ0v) is 12.5. The molecule has 0 bridgehead atoms. The van der Waals surface area contributed by atoms with Crippen molar-refractivity contribution in [3.8, 4) is 0 Å². The molecule has 1 unspecified atom stereocenters. The molecule has 1 heterocycles. The lowest BCUT2D eigenvalue weighted by molar-refractivity contribution is 0.457. The van der Waals surface area contributed by atoms with Crippen molar-refractivity contribution in [2.45, 2.75) is 44.3 Å². The summed E-state index contributed by atoms with van der Waals surface area (Å²) in [7, 11) is 0. The van der Waals surface area contributed by atoms with Gasteiger partial charge in [0.15, 0.2) is 5.82 Å². The van der Waals surface area contributed by atoms with Crippen molar-refractivity contribution in [2.24, 2.45) is 5.92 Å². The summed E-state index contributed by atoms with van der Waals surface area (Å²) in [4.78, 5) is 0. The Kier molecular flexibility index (Phi) is 3.39. The first-order valence-electron chi connectivity index (χ1n) is 7.57. The largest absolute Gasteiger partial charge is 0.303 e. The minimum absolute atomic E-state index is 0.367. The van der Waals surface area contributed by atoms with E-state index in [4.69, 9.17) is 11.6 Å². The van der Waals surface area contributed by atoms with Gasteiger partial charge in [-0.15, -0.1) is 5.10 Å². The van der Waals surface area contributed by atoms with E-state index >= 15 is 0 Å². The normalized spacial score (nSPS) is 19.7. The van der Waals surface area contributed by atoms with Crippen LogP contribution in [0.5, 0.6) is 0 Å². The smallest absolute Gasteiger partial charge is 0.165 e. The zero-order chi connectivity index (χ0) is 14.2. The minimum Gasteiger partial charge on any atom is -0.303 e. The fourth-order valence-corrected chi connectivity index (χ4v) is 2.91. The molecule has 2 aliphatic rings. The predicted molar refractivity (Wildman–Crippen MR) is 79.8 cm³/mol. The maximum Gasteiger partial charge on any atom is 0.165 e. The van der Waals surface area contributed by atoms with Crippen LogP contribution in [0.25, 0.3) is 0 Å². The number of tetrazole rings is 1. The maximum atomic E-state index is 5.98. The van der Waals surface area contributed by atoms with Gasteiger partial charge in [0.2, 0.25) is 0 Å². The average molecular weight is 304 g/mol. The molecular weight excluding hydrogens is 286 g/mol. The topological polar surface area (TPSA) is 55.6 Å². The Hall–Kier alpha value is -1.46. The van der Waals surface area contributed by atoms with Crippen molar-refractivity contribution in [1.29, 1.82) is 0 Å². The molecule has 1 N–H and O–H groups in total. The molecule has 21 heavy (non-hydrogen) atoms. The Morgan fingerprint density at radius 2 is 1.95 bits per heavy atom. The maximum absolute atomic E-state index is 5.98. The van der Waals surface area contributed by atoms with Crippen LogP contribution in [0.4, 0.5) is 0 Å². The Bertz CT molecular complexity index is 615. The van der Waals surface area contributed by atoms with Crippen LogP contribution in [0.15, 0.2) is 24.3 Å². The van der Waals surface area contributed by atoms with Gasteiger partial charge in [0.1, 0.15) is 0 Å². The van der Waals surface area contributed by atoms with Gasteiger partial charge in [-0.2, -0.15) is 0 Å². The van der Waals surface area contributed by atoms with E-state index in [1.807, 2.05) is 16.8 Å². The van der Waals surface area contributed by atoms with Crippen LogP contribution in [0, 0.1) is 5.92 Å². The number of aromatic nitrogens is 4. The van der Waals surface area contributed by atoms with Crippen LogP contribution in [0.2, 0.25) is 5.02 Å². The Labute approximate surface area is 128 Å². The van der Waals surface area contributed by atoms with Crippen LogP contribution in [0.3, 0.4) is 0 Å². The second-order valence-electron chi connectivity index (χ2n) is 6.02. The summed E-state index contributed by atoms with van der Waals surface area (Å²) in [5.41, 5.74) is 1.30. The number of benzene rings is 1. The lowest BCUT2D eigenvalue weighted by Gasteiger charge is -2.18. The highest BCUT2D eigenvalue weighted by atomic mass is 35.5. The molecular formula is C15H18ClN5. The van der Waals surface area contributed by atoms with Gasteiger partial charge < -0.3 is 5.32 Å². The summed E-state index contributed by atoms with van der Waals surface area (Å²) in [5.74, 6) is 1.66. The summed E-state index contributed by atoms with van der Waals surface area (Å²) in [6.45, 7) is 0.716. The molecule has 0 aliphatic heterocycles. The average Bonchev–Trinajstić information content (AvgIpc) is 3.41. The molecule has 0 amide bonds. The fourth-order valence-electron chi connectivity index (χ4n) is 2.79. The molecule has 1 aromatic carbocycles. The van der Waals surface area contributed by atoms with Crippen molar-refractivity contribution in [1.82, 2.24) is 25.5 Å². The van der Waals surface area contributed by atoms with Crippen LogP contribution >= 0.6 is 11.6 Å². The van der Waals surface area contributed by atoms with Crippen molar-refractivity contribution in [2.75, 3.05) is 0 Å². The van der Waals surface area contributed by atoms with Gasteiger partial charge in [0.05, 0.1) is 12.6 Å². The number of hydrogen-bond donors (Lipinski definition) is 1. The van der Waals surface area contributed by atoms with Gasteiger partial charge >= 0.3 is 0 Å². The standard InChI is InChI=1S/C15H18ClN5/c16-12-5-3-11(4-6-12)15(10-1-2-10)17-9-14-18-19-20-21(14)13-7-8-13/h3-6,10,13,15,17H,1-2,7-9H2. The molecule has 1 atom stereocenters. The summed E-state index contributed by atoms with van der Waals surface area (Å²) < 4.78 is 1.97. The predicted octanol–water partition coefficient (Wildman–Crippen LogP) is 2.90. The van der Waals surface area contributed by atoms with Crippen molar-refractivity contribution in [3.63, 3.8) is 0 Å². The second kappa shape index (κ2) is 5.39. The van der Waals surface area contributed by atoms with E-state index < -0.39 is 0 Å². The van der Waals surface area contributed by atoms with E-state index in [1.54, 1.807) is 0 Å². The summed E-state index contributed by atoms with van der Waals surface area (Å²) in [6.07, 6.45) is 4.96. The van der Waals surface area contributed by atoms with E-state index in [-0.39, 0.29) is 0 Å². The number of nitrogens with zero attached hydrogens (tertiary/aromatic N) is 4. The Morgan fingerprint density at radius 1 is 1.19 bits per heavy atom. The molecule has 2 saturated carbocycles. The van der Waals surface area contributed by atoms with Gasteiger partial charge in [0.25, 0.3) is 0 Å². The van der Waals surface area contributed by atoms with Crippen molar-refractivity contribution in [3.05, 3.63) is 40.7 Å². The number of hydrogen-bond acceptors (Lipinski definition) is 4. The molecule has 0 saturated heterocycles. The first kappa shape index (κ1) is 13.2. The molecule has 110 valence electrons. The molecule has 6 heteroatoms. The number of rotatable bonds is 6. The molecule has 1 aromatic heterocycles. The molecule has 2 fully saturated rings. The third-order valence-corrected chi connectivity index (χ3v) is 4.51. The van der Waals surface area contributed by atoms with E-state index in [1.165, 1.54) is 31.2 Å². The zero-order valence-electron chi connectivity index (χ0n) is 11.7. The van der Waals surface area contributed by atoms with Gasteiger partial charge in [-0.25, -0.2) is 4.68 Å². The SMILES string of the molecule is Clc1ccc(C(NCc2nnnn2C2CC2)C2CC2)cc1. The Morgan fingerprint density at radius 3 is 2.62 bits per heavy atom. The first-order chi connectivity index (χ1) is 10.3. The fraction of sp³-hybridized carbons (Fsp3) is 0.533. The quantitative estimate of drug-likeness (QED) is 0.891. The third kappa shape index (κ3) is 2.94. The van der Waals surface area contributed by atoms with Crippen molar-refractivity contribution >= 4 is 11.6 Å². The Balaban J connectivity index is 1.47. The summed E-state index contributed by atoms with van der Waals surface area (Å²) in [6, 6.07) is 9.03. The van der Waals surface area contributed by atoms with Gasteiger partial charge in [-0.3, -0.25) is 0 Å². The molecule has 0 spiro atoms. The monoisotopic (exact) mass is 303 g/mol. The molecule has 2 aliphatic carbocycles. The molecule has 4 rings (SSSR count). The van der Waals surface area contributed by atoms with Gasteiger partial charge in [-0.05, 0) is 59.7 Å². The third-order valence-electron chi connectivity index (χ3n) is 4.26. The summed E-state index contributed by atoms with van der Waals surface area (Å²) >= 11 is 5.98. The minimum atomic E-state index is 0.367. The van der Waals surface area contributed by atoms with Crippen LogP contribution in [-0.4, -0.2) is 20.2 Å². The highest BCUT2D eigenvalue weighted by Gasteiger charge is 2.33. The van der Waals surface area contributed by atoms with Gasteiger partial charge in [-0.1, -0.05) is 23.7 Å². The lowest BCUT2D eigenvalue weighted by atomic mass is 10.0. The van der Waals surface area contributed by atoms with Crippen LogP contribution in [0.1, 0.15) is 49.2 Å². The highest BCUT2D eigenvalue weighted by molar-refractivity contribution is 6.30. The lowest BCUT2D eigenvalue weighted by Crippen LogP contribution is -2.24. The highest BCUT2D eigenvalue weighted by Crippen LogP contribution is 2.41. The van der Waals surface area contributed by atoms with Crippen molar-refractivity contribution < 1.29 is 0 Å². The van der Waals surface area contributed by atoms with E-state index in [0.717, 1.165) is 16.8 Å². The first-order valence-corrected chi connectivity index (χ1v) is 7.94. The van der Waals surface area contributed by atoms with Crippen LogP contribution in [-0.2, 0) is 6.54 Å². The molecule has 0 radical (unpaired) electrons. The molecule has 2 aromatic rings. The molecule has 5 nitrogen and oxygen atoms in total. The van der Waals surface area contributed by atoms with Gasteiger partial charge in [0, 0.05) is 11.1 Å². The summed E-state index contributed by atoms with van der Waals surface area (Å²) in [5, 5.41) is 16.5. The van der Waals surface area contributed by atoms with Crippen LogP contribution < -0.4 is 5.32 Å². The van der Waals surface area contributed by atoms with E-state index in [9.17, 15) is 0 Å². The van der Waals surface area contributed by atoms with E-state index in [2.05, 4.69) is 33.0 Å². The number of halogens is 1.